The fraction of sp³-hybridized carbons (Fsp3) is 0.786. The lowest BCUT2D eigenvalue weighted by Crippen LogP contribution is -2.48. The smallest absolute Gasteiger partial charge is 0.328 e. The second-order valence-electron chi connectivity index (χ2n) is 5.94. The molecule has 0 fully saturated rings. The van der Waals surface area contributed by atoms with Crippen LogP contribution < -0.4 is 0 Å². The number of hydrogen-bond acceptors (Lipinski definition) is 2. The van der Waals surface area contributed by atoms with Gasteiger partial charge in [-0.15, -0.1) is 0 Å². The van der Waals surface area contributed by atoms with Crippen LogP contribution in [0.3, 0.4) is 0 Å². The molecule has 0 radical (unpaired) electrons. The minimum atomic E-state index is -1.88. The van der Waals surface area contributed by atoms with E-state index < -0.39 is 14.3 Å². The van der Waals surface area contributed by atoms with Gasteiger partial charge in [-0.2, -0.15) is 0 Å². The maximum atomic E-state index is 10.6. The topological polar surface area (TPSA) is 46.5 Å². The molecular formula is C14H28O3Si. The Hall–Kier alpha value is -0.613. The number of aliphatic carboxylic acids is 1. The Morgan fingerprint density at radius 3 is 1.78 bits per heavy atom. The van der Waals surface area contributed by atoms with Gasteiger partial charge in [-0.05, 0) is 29.1 Å². The lowest BCUT2D eigenvalue weighted by Gasteiger charge is -2.42. The molecule has 0 rings (SSSR count). The first-order valence-electron chi connectivity index (χ1n) is 6.68. The van der Waals surface area contributed by atoms with E-state index in [2.05, 4.69) is 41.5 Å². The average Bonchev–Trinajstić information content (AvgIpc) is 2.15. The minimum absolute atomic E-state index is 0.438. The zero-order valence-electron chi connectivity index (χ0n) is 12.8. The van der Waals surface area contributed by atoms with E-state index in [9.17, 15) is 4.79 Å². The van der Waals surface area contributed by atoms with Crippen molar-refractivity contribution in [2.75, 3.05) is 6.61 Å². The summed E-state index contributed by atoms with van der Waals surface area (Å²) in [4.78, 5) is 10.6. The molecule has 18 heavy (non-hydrogen) atoms. The maximum absolute atomic E-state index is 10.6. The lowest BCUT2D eigenvalue weighted by molar-refractivity contribution is -0.131. The van der Waals surface area contributed by atoms with Gasteiger partial charge in [0.1, 0.15) is 0 Å². The van der Waals surface area contributed by atoms with Gasteiger partial charge in [0.2, 0.25) is 8.32 Å². The largest absolute Gasteiger partial charge is 0.478 e. The van der Waals surface area contributed by atoms with Crippen molar-refractivity contribution in [3.8, 4) is 0 Å². The maximum Gasteiger partial charge on any atom is 0.328 e. The van der Waals surface area contributed by atoms with Gasteiger partial charge >= 0.3 is 5.97 Å². The number of carboxylic acids is 1. The van der Waals surface area contributed by atoms with Crippen LogP contribution in [0.1, 0.15) is 48.5 Å². The van der Waals surface area contributed by atoms with Crippen molar-refractivity contribution < 1.29 is 14.3 Å². The summed E-state index contributed by atoms with van der Waals surface area (Å²) in [7, 11) is -1.88. The van der Waals surface area contributed by atoms with E-state index in [-0.39, 0.29) is 0 Å². The summed E-state index contributed by atoms with van der Waals surface area (Å²) in [5.41, 5.74) is 2.35. The molecule has 0 aliphatic heterocycles. The highest BCUT2D eigenvalue weighted by Crippen LogP contribution is 2.42. The number of carboxylic acid groups (broad SMARTS) is 1. The summed E-state index contributed by atoms with van der Waals surface area (Å²) in [5.74, 6) is -0.901. The van der Waals surface area contributed by atoms with Crippen LogP contribution in [-0.4, -0.2) is 26.0 Å². The minimum Gasteiger partial charge on any atom is -0.478 e. The molecule has 0 atom stereocenters. The Kier molecular flexibility index (Phi) is 6.85. The SMILES string of the molecule is CC(=CC(=O)O)CO[Si](C(C)C)(C(C)C)C(C)C. The molecule has 0 aromatic carbocycles. The summed E-state index contributed by atoms with van der Waals surface area (Å²) in [5, 5.41) is 8.72. The molecule has 0 aromatic rings. The van der Waals surface area contributed by atoms with Crippen molar-refractivity contribution in [2.45, 2.75) is 65.1 Å². The third-order valence-electron chi connectivity index (χ3n) is 3.63. The van der Waals surface area contributed by atoms with Crippen LogP contribution in [0.15, 0.2) is 11.6 Å². The van der Waals surface area contributed by atoms with Gasteiger partial charge < -0.3 is 9.53 Å². The van der Waals surface area contributed by atoms with E-state index in [4.69, 9.17) is 9.53 Å². The van der Waals surface area contributed by atoms with Gasteiger partial charge in [0.25, 0.3) is 0 Å². The summed E-state index contributed by atoms with van der Waals surface area (Å²) in [6, 6.07) is 0. The predicted molar refractivity (Wildman–Crippen MR) is 78.4 cm³/mol. The van der Waals surface area contributed by atoms with Gasteiger partial charge in [-0.3, -0.25) is 0 Å². The molecule has 0 unspecified atom stereocenters. The van der Waals surface area contributed by atoms with E-state index in [1.54, 1.807) is 0 Å². The molecule has 3 nitrogen and oxygen atoms in total. The fourth-order valence-electron chi connectivity index (χ4n) is 2.99. The third-order valence-corrected chi connectivity index (χ3v) is 9.69. The number of hydrogen-bond donors (Lipinski definition) is 1. The molecule has 106 valence electrons. The van der Waals surface area contributed by atoms with E-state index in [0.717, 1.165) is 5.57 Å². The highest BCUT2D eigenvalue weighted by Gasteiger charge is 2.44. The van der Waals surface area contributed by atoms with E-state index >= 15 is 0 Å². The van der Waals surface area contributed by atoms with Crippen LogP contribution in [0.4, 0.5) is 0 Å². The average molecular weight is 272 g/mol. The molecule has 0 aliphatic carbocycles. The molecule has 0 bridgehead atoms. The Morgan fingerprint density at radius 2 is 1.50 bits per heavy atom. The monoisotopic (exact) mass is 272 g/mol. The summed E-state index contributed by atoms with van der Waals surface area (Å²) in [6.45, 7) is 15.6. The lowest BCUT2D eigenvalue weighted by atomic mass is 10.3. The second-order valence-corrected chi connectivity index (χ2v) is 11.4. The highest BCUT2D eigenvalue weighted by atomic mass is 28.4. The molecule has 0 aliphatic rings. The first kappa shape index (κ1) is 17.4. The Labute approximate surface area is 112 Å². The van der Waals surface area contributed by atoms with E-state index in [1.165, 1.54) is 6.08 Å². The summed E-state index contributed by atoms with van der Waals surface area (Å²) < 4.78 is 6.28. The molecule has 0 aromatic heterocycles. The first-order chi connectivity index (χ1) is 8.14. The van der Waals surface area contributed by atoms with Gasteiger partial charge in [0.05, 0.1) is 6.61 Å². The van der Waals surface area contributed by atoms with Crippen molar-refractivity contribution in [2.24, 2.45) is 0 Å². The van der Waals surface area contributed by atoms with Crippen molar-refractivity contribution in [3.05, 3.63) is 11.6 Å². The van der Waals surface area contributed by atoms with Gasteiger partial charge in [0, 0.05) is 6.08 Å². The zero-order valence-corrected chi connectivity index (χ0v) is 13.8. The summed E-state index contributed by atoms with van der Waals surface area (Å²) >= 11 is 0. The molecule has 0 saturated carbocycles. The van der Waals surface area contributed by atoms with Crippen LogP contribution in [0.5, 0.6) is 0 Å². The molecule has 0 saturated heterocycles. The van der Waals surface area contributed by atoms with Crippen molar-refractivity contribution in [1.29, 1.82) is 0 Å². The van der Waals surface area contributed by atoms with Gasteiger partial charge in [-0.1, -0.05) is 41.5 Å². The summed E-state index contributed by atoms with van der Waals surface area (Å²) in [6.07, 6.45) is 1.24. The Bertz CT molecular complexity index is 284. The van der Waals surface area contributed by atoms with Crippen LogP contribution in [0.2, 0.25) is 16.6 Å². The van der Waals surface area contributed by atoms with Gasteiger partial charge in [0.15, 0.2) is 0 Å². The molecule has 1 N–H and O–H groups in total. The van der Waals surface area contributed by atoms with Crippen molar-refractivity contribution in [3.63, 3.8) is 0 Å². The van der Waals surface area contributed by atoms with Gasteiger partial charge in [-0.25, -0.2) is 4.79 Å². The second kappa shape index (κ2) is 7.09. The third kappa shape index (κ3) is 4.25. The Balaban J connectivity index is 4.98. The quantitative estimate of drug-likeness (QED) is 0.558. The number of rotatable bonds is 7. The molecule has 0 amide bonds. The zero-order chi connectivity index (χ0) is 14.5. The first-order valence-corrected chi connectivity index (χ1v) is 8.82. The standard InChI is InChI=1S/C14H28O3Si/c1-10(2)18(11(3)4,12(5)6)17-9-13(7)8-14(15)16/h8,10-12H,9H2,1-7H3,(H,15,16). The fourth-order valence-corrected chi connectivity index (χ4v) is 8.47. The van der Waals surface area contributed by atoms with Crippen LogP contribution >= 0.6 is 0 Å². The highest BCUT2D eigenvalue weighted by molar-refractivity contribution is 6.77. The van der Waals surface area contributed by atoms with Crippen molar-refractivity contribution >= 4 is 14.3 Å². The van der Waals surface area contributed by atoms with E-state index in [1.807, 2.05) is 6.92 Å². The van der Waals surface area contributed by atoms with Crippen LogP contribution in [0.25, 0.3) is 0 Å². The van der Waals surface area contributed by atoms with Crippen LogP contribution in [-0.2, 0) is 9.22 Å². The molecular weight excluding hydrogens is 244 g/mol. The normalized spacial score (nSPS) is 13.8. The molecule has 0 spiro atoms. The van der Waals surface area contributed by atoms with Crippen molar-refractivity contribution in [1.82, 2.24) is 0 Å². The van der Waals surface area contributed by atoms with E-state index in [0.29, 0.717) is 23.2 Å². The molecule has 4 heteroatoms. The Morgan fingerprint density at radius 1 is 1.11 bits per heavy atom. The predicted octanol–water partition coefficient (Wildman–Crippen LogP) is 4.21. The molecule has 0 heterocycles. The number of carbonyl (C=O) groups is 1. The van der Waals surface area contributed by atoms with Crippen LogP contribution in [0, 0.1) is 0 Å².